The van der Waals surface area contributed by atoms with Gasteiger partial charge in [-0.1, -0.05) is 233 Å². The standard InChI is InChI=1S/C58H94O6/c1-4-7-10-13-16-19-22-25-28-31-33-36-39-42-45-48-51-57(60)63-54-55(64-58(61)52-49-46-43-40-37-34-30-27-24-21-18-15-12-9-6-3)53-62-56(59)50-47-44-41-38-35-32-29-26-23-20-17-14-11-8-5-2/h7,9-10,12,15-16,18-19,21,24-25,27-28,30,33-34,36-37,55H,4-6,8,11,13-14,17,20,22-23,26,29,31-32,35,38-54H2,1-3H3/b10-7-,12-9-,18-15-,19-16-,24-21-,28-25-,30-27-,36-33-,37-34-. The van der Waals surface area contributed by atoms with Crippen LogP contribution in [-0.2, 0) is 28.6 Å². The maximum atomic E-state index is 12.8. The molecule has 0 aliphatic heterocycles. The zero-order valence-corrected chi connectivity index (χ0v) is 41.3. The van der Waals surface area contributed by atoms with Gasteiger partial charge in [0.15, 0.2) is 6.10 Å². The van der Waals surface area contributed by atoms with Crippen LogP contribution in [0.1, 0.15) is 220 Å². The lowest BCUT2D eigenvalue weighted by molar-refractivity contribution is -0.167. The molecule has 362 valence electrons. The van der Waals surface area contributed by atoms with E-state index in [4.69, 9.17) is 14.2 Å². The summed E-state index contributed by atoms with van der Waals surface area (Å²) in [4.78, 5) is 38.0. The van der Waals surface area contributed by atoms with Crippen LogP contribution in [0.15, 0.2) is 109 Å². The Labute approximate surface area is 393 Å². The van der Waals surface area contributed by atoms with Crippen LogP contribution in [0.5, 0.6) is 0 Å². The van der Waals surface area contributed by atoms with Crippen LogP contribution in [0.3, 0.4) is 0 Å². The minimum absolute atomic E-state index is 0.106. The van der Waals surface area contributed by atoms with Crippen molar-refractivity contribution >= 4 is 17.9 Å². The molecule has 0 saturated carbocycles. The summed E-state index contributed by atoms with van der Waals surface area (Å²) in [6.45, 7) is 6.31. The average Bonchev–Trinajstić information content (AvgIpc) is 3.29. The van der Waals surface area contributed by atoms with E-state index in [1.807, 2.05) is 48.6 Å². The van der Waals surface area contributed by atoms with E-state index in [0.29, 0.717) is 19.3 Å². The maximum absolute atomic E-state index is 12.8. The summed E-state index contributed by atoms with van der Waals surface area (Å²) in [7, 11) is 0. The lowest BCUT2D eigenvalue weighted by Gasteiger charge is -2.18. The minimum Gasteiger partial charge on any atom is -0.462 e. The molecule has 0 fully saturated rings. The SMILES string of the molecule is CC\C=C/C=C\C=C/C=C\C=C/CCCCCC(=O)OC(COC(=O)CCCCC/C=C\C/C=C\C/C=C\C/C=C\CC)COC(=O)CCCCCCCCCCCCCCCCC. The van der Waals surface area contributed by atoms with Gasteiger partial charge in [0.2, 0.25) is 0 Å². The molecule has 0 N–H and O–H groups in total. The van der Waals surface area contributed by atoms with Crippen LogP contribution in [-0.4, -0.2) is 37.2 Å². The van der Waals surface area contributed by atoms with Gasteiger partial charge >= 0.3 is 17.9 Å². The first-order valence-electron chi connectivity index (χ1n) is 26.0. The summed E-state index contributed by atoms with van der Waals surface area (Å²) < 4.78 is 16.7. The van der Waals surface area contributed by atoms with Gasteiger partial charge < -0.3 is 14.2 Å². The highest BCUT2D eigenvalue weighted by Crippen LogP contribution is 2.15. The van der Waals surface area contributed by atoms with Gasteiger partial charge in [-0.2, -0.15) is 0 Å². The molecule has 1 unspecified atom stereocenters. The van der Waals surface area contributed by atoms with Crippen molar-refractivity contribution in [1.29, 1.82) is 0 Å². The van der Waals surface area contributed by atoms with E-state index >= 15 is 0 Å². The van der Waals surface area contributed by atoms with Crippen molar-refractivity contribution in [2.75, 3.05) is 13.2 Å². The fourth-order valence-electron chi connectivity index (χ4n) is 6.81. The topological polar surface area (TPSA) is 78.9 Å². The molecule has 0 aromatic heterocycles. The van der Waals surface area contributed by atoms with Crippen molar-refractivity contribution in [3.63, 3.8) is 0 Å². The van der Waals surface area contributed by atoms with Gasteiger partial charge in [-0.25, -0.2) is 0 Å². The smallest absolute Gasteiger partial charge is 0.306 e. The highest BCUT2D eigenvalue weighted by Gasteiger charge is 2.19. The Balaban J connectivity index is 4.52. The van der Waals surface area contributed by atoms with Gasteiger partial charge in [-0.3, -0.25) is 14.4 Å². The minimum atomic E-state index is -0.813. The quantitative estimate of drug-likeness (QED) is 0.0199. The molecule has 0 spiro atoms. The number of hydrogen-bond acceptors (Lipinski definition) is 6. The molecule has 64 heavy (non-hydrogen) atoms. The maximum Gasteiger partial charge on any atom is 0.306 e. The molecule has 1 atom stereocenters. The monoisotopic (exact) mass is 887 g/mol. The number of ether oxygens (including phenoxy) is 3. The van der Waals surface area contributed by atoms with Crippen molar-refractivity contribution in [2.24, 2.45) is 0 Å². The molecule has 6 heteroatoms. The van der Waals surface area contributed by atoms with E-state index in [1.165, 1.54) is 77.0 Å². The van der Waals surface area contributed by atoms with Crippen molar-refractivity contribution in [3.8, 4) is 0 Å². The molecule has 0 amide bonds. The molecule has 0 radical (unpaired) electrons. The molecule has 0 heterocycles. The van der Waals surface area contributed by atoms with E-state index in [2.05, 4.69) is 81.5 Å². The molecule has 0 bridgehead atoms. The van der Waals surface area contributed by atoms with Gasteiger partial charge in [0.05, 0.1) is 0 Å². The summed E-state index contributed by atoms with van der Waals surface area (Å²) >= 11 is 0. The molecule has 0 aliphatic rings. The molecule has 0 aromatic rings. The van der Waals surface area contributed by atoms with Crippen LogP contribution >= 0.6 is 0 Å². The lowest BCUT2D eigenvalue weighted by Crippen LogP contribution is -2.30. The van der Waals surface area contributed by atoms with Crippen molar-refractivity contribution in [1.82, 2.24) is 0 Å². The normalized spacial score (nSPS) is 13.0. The number of hydrogen-bond donors (Lipinski definition) is 0. The second-order valence-electron chi connectivity index (χ2n) is 16.8. The Kier molecular flexibility index (Phi) is 48.5. The summed E-state index contributed by atoms with van der Waals surface area (Å²) in [5.41, 5.74) is 0. The number of carbonyl (C=O) groups is 3. The van der Waals surface area contributed by atoms with Gasteiger partial charge in [0, 0.05) is 19.3 Å². The molecule has 0 rings (SSSR count). The molecule has 0 aliphatic carbocycles. The van der Waals surface area contributed by atoms with Crippen LogP contribution in [0.2, 0.25) is 0 Å². The largest absolute Gasteiger partial charge is 0.462 e. The van der Waals surface area contributed by atoms with E-state index < -0.39 is 6.10 Å². The predicted octanol–water partition coefficient (Wildman–Crippen LogP) is 17.1. The van der Waals surface area contributed by atoms with Crippen LogP contribution in [0.4, 0.5) is 0 Å². The summed E-state index contributed by atoms with van der Waals surface area (Å²) in [5, 5.41) is 0. The number of esters is 3. The van der Waals surface area contributed by atoms with E-state index in [9.17, 15) is 14.4 Å². The summed E-state index contributed by atoms with van der Waals surface area (Å²) in [6.07, 6.45) is 69.3. The molecular formula is C58H94O6. The molecule has 0 saturated heterocycles. The number of allylic oxidation sites excluding steroid dienone is 18. The second kappa shape index (κ2) is 51.7. The first-order valence-corrected chi connectivity index (χ1v) is 26.0. The highest BCUT2D eigenvalue weighted by molar-refractivity contribution is 5.71. The van der Waals surface area contributed by atoms with Gasteiger partial charge in [-0.05, 0) is 77.0 Å². The fourth-order valence-corrected chi connectivity index (χ4v) is 6.81. The van der Waals surface area contributed by atoms with Crippen molar-refractivity contribution < 1.29 is 28.6 Å². The Morgan fingerprint density at radius 3 is 1.14 bits per heavy atom. The number of carbonyl (C=O) groups excluding carboxylic acids is 3. The van der Waals surface area contributed by atoms with E-state index in [1.54, 1.807) is 0 Å². The summed E-state index contributed by atoms with van der Waals surface area (Å²) in [6, 6.07) is 0. The third-order valence-corrected chi connectivity index (χ3v) is 10.7. The van der Waals surface area contributed by atoms with E-state index in [0.717, 1.165) is 96.3 Å². The van der Waals surface area contributed by atoms with Crippen LogP contribution in [0, 0.1) is 0 Å². The number of unbranched alkanes of at least 4 members (excludes halogenated alkanes) is 20. The second-order valence-corrected chi connectivity index (χ2v) is 16.8. The third-order valence-electron chi connectivity index (χ3n) is 10.7. The van der Waals surface area contributed by atoms with Crippen molar-refractivity contribution in [2.45, 2.75) is 226 Å². The Bertz CT molecular complexity index is 1340. The van der Waals surface area contributed by atoms with Gasteiger partial charge in [-0.15, -0.1) is 0 Å². The fraction of sp³-hybridized carbons (Fsp3) is 0.638. The predicted molar refractivity (Wildman–Crippen MR) is 274 cm³/mol. The van der Waals surface area contributed by atoms with Gasteiger partial charge in [0.1, 0.15) is 13.2 Å². The average molecular weight is 887 g/mol. The molecule has 6 nitrogen and oxygen atoms in total. The highest BCUT2D eigenvalue weighted by atomic mass is 16.6. The Morgan fingerprint density at radius 1 is 0.344 bits per heavy atom. The van der Waals surface area contributed by atoms with Crippen LogP contribution < -0.4 is 0 Å². The Morgan fingerprint density at radius 2 is 0.688 bits per heavy atom. The summed E-state index contributed by atoms with van der Waals surface area (Å²) in [5.74, 6) is -0.984. The third kappa shape index (κ3) is 49.1. The first kappa shape index (κ1) is 60.1. The number of rotatable bonds is 45. The first-order chi connectivity index (χ1) is 31.5. The van der Waals surface area contributed by atoms with E-state index in [-0.39, 0.29) is 37.5 Å². The lowest BCUT2D eigenvalue weighted by atomic mass is 10.0. The zero-order valence-electron chi connectivity index (χ0n) is 41.3. The zero-order chi connectivity index (χ0) is 46.5. The van der Waals surface area contributed by atoms with Gasteiger partial charge in [0.25, 0.3) is 0 Å². The molecular weight excluding hydrogens is 793 g/mol. The van der Waals surface area contributed by atoms with Crippen molar-refractivity contribution in [3.05, 3.63) is 109 Å². The molecule has 0 aromatic carbocycles. The Hall–Kier alpha value is -3.93. The van der Waals surface area contributed by atoms with Crippen LogP contribution in [0.25, 0.3) is 0 Å².